The highest BCUT2D eigenvalue weighted by atomic mass is 127. The summed E-state index contributed by atoms with van der Waals surface area (Å²) in [5, 5.41) is 11.0. The summed E-state index contributed by atoms with van der Waals surface area (Å²) in [6, 6.07) is 5.65. The van der Waals surface area contributed by atoms with Gasteiger partial charge in [-0.15, -0.1) is 11.3 Å². The van der Waals surface area contributed by atoms with Crippen molar-refractivity contribution >= 4 is 39.9 Å². The Hall–Kier alpha value is -0.820. The van der Waals surface area contributed by atoms with Crippen LogP contribution in [-0.2, 0) is 6.54 Å². The van der Waals surface area contributed by atoms with Crippen LogP contribution in [0.4, 0.5) is 0 Å². The van der Waals surface area contributed by atoms with E-state index in [0.29, 0.717) is 12.2 Å². The highest BCUT2D eigenvalue weighted by molar-refractivity contribution is 14.1. The van der Waals surface area contributed by atoms with E-state index in [1.54, 1.807) is 22.0 Å². The molecular weight excluding hydrogens is 325 g/mol. The fourth-order valence-corrected chi connectivity index (χ4v) is 2.69. The fraction of sp³-hybridized carbons (Fsp3) is 0.100. The normalized spacial score (nSPS) is 10.5. The Morgan fingerprint density at radius 2 is 2.40 bits per heavy atom. The van der Waals surface area contributed by atoms with Gasteiger partial charge in [-0.2, -0.15) is 0 Å². The minimum absolute atomic E-state index is 0.341. The topological polar surface area (TPSA) is 42.2 Å². The molecule has 2 aromatic rings. The summed E-state index contributed by atoms with van der Waals surface area (Å²) in [5.74, 6) is -0.880. The Balaban J connectivity index is 2.31. The molecule has 0 saturated heterocycles. The van der Waals surface area contributed by atoms with Crippen molar-refractivity contribution in [2.75, 3.05) is 0 Å². The summed E-state index contributed by atoms with van der Waals surface area (Å²) in [5.41, 5.74) is 0.341. The van der Waals surface area contributed by atoms with Crippen LogP contribution in [0, 0.1) is 3.57 Å². The van der Waals surface area contributed by atoms with Gasteiger partial charge in [0, 0.05) is 14.6 Å². The predicted molar refractivity (Wildman–Crippen MR) is 67.5 cm³/mol. The number of aromatic carboxylic acids is 1. The van der Waals surface area contributed by atoms with E-state index < -0.39 is 5.97 Å². The molecule has 0 radical (unpaired) electrons. The van der Waals surface area contributed by atoms with E-state index in [0.717, 1.165) is 8.45 Å². The number of hydrogen-bond acceptors (Lipinski definition) is 2. The third-order valence-corrected chi connectivity index (χ3v) is 3.44. The molecule has 3 nitrogen and oxygen atoms in total. The second-order valence-corrected chi connectivity index (χ2v) is 5.33. The van der Waals surface area contributed by atoms with E-state index in [1.807, 2.05) is 23.7 Å². The molecule has 15 heavy (non-hydrogen) atoms. The molecule has 0 spiro atoms. The number of carbonyl (C=O) groups is 1. The van der Waals surface area contributed by atoms with Crippen LogP contribution in [0.2, 0.25) is 0 Å². The van der Waals surface area contributed by atoms with Crippen LogP contribution in [0.25, 0.3) is 0 Å². The van der Waals surface area contributed by atoms with E-state index in [4.69, 9.17) is 5.11 Å². The van der Waals surface area contributed by atoms with Crippen LogP contribution >= 0.6 is 33.9 Å². The molecule has 0 fully saturated rings. The van der Waals surface area contributed by atoms with Gasteiger partial charge in [0.05, 0.1) is 6.54 Å². The molecule has 1 N–H and O–H groups in total. The first-order valence-corrected chi connectivity index (χ1v) is 6.24. The second-order valence-electron chi connectivity index (χ2n) is 3.06. The van der Waals surface area contributed by atoms with Crippen molar-refractivity contribution in [3.8, 4) is 0 Å². The molecule has 78 valence electrons. The second kappa shape index (κ2) is 4.36. The Morgan fingerprint density at radius 1 is 1.60 bits per heavy atom. The van der Waals surface area contributed by atoms with Crippen LogP contribution in [0.3, 0.4) is 0 Å². The van der Waals surface area contributed by atoms with Crippen molar-refractivity contribution in [3.63, 3.8) is 0 Å². The summed E-state index contributed by atoms with van der Waals surface area (Å²) < 4.78 is 2.71. The summed E-state index contributed by atoms with van der Waals surface area (Å²) in [6.07, 6.45) is 1.85. The van der Waals surface area contributed by atoms with Gasteiger partial charge in [0.15, 0.2) is 0 Å². The quantitative estimate of drug-likeness (QED) is 0.878. The first kappa shape index (κ1) is 10.7. The van der Waals surface area contributed by atoms with Gasteiger partial charge in [-0.05, 0) is 40.1 Å². The summed E-state index contributed by atoms with van der Waals surface area (Å²) in [7, 11) is 0. The van der Waals surface area contributed by atoms with Gasteiger partial charge in [-0.1, -0.05) is 6.07 Å². The Kier molecular flexibility index (Phi) is 3.11. The van der Waals surface area contributed by atoms with Crippen molar-refractivity contribution in [2.45, 2.75) is 6.54 Å². The van der Waals surface area contributed by atoms with Crippen LogP contribution in [0.1, 0.15) is 15.4 Å². The zero-order valence-corrected chi connectivity index (χ0v) is 10.7. The molecule has 0 amide bonds. The minimum Gasteiger partial charge on any atom is -0.477 e. The van der Waals surface area contributed by atoms with Crippen molar-refractivity contribution in [2.24, 2.45) is 0 Å². The lowest BCUT2D eigenvalue weighted by molar-refractivity contribution is 0.0686. The number of thiophene rings is 1. The van der Waals surface area contributed by atoms with Crippen LogP contribution in [0.15, 0.2) is 29.8 Å². The Labute approximate surface area is 104 Å². The van der Waals surface area contributed by atoms with Crippen LogP contribution < -0.4 is 0 Å². The fourth-order valence-electron chi connectivity index (χ4n) is 1.36. The standard InChI is InChI=1S/C10H8INO2S/c11-7-4-9(10(13)14)12(5-7)6-8-2-1-3-15-8/h1-5H,6H2,(H,13,14). The lowest BCUT2D eigenvalue weighted by atomic mass is 10.4. The first-order valence-electron chi connectivity index (χ1n) is 4.28. The van der Waals surface area contributed by atoms with E-state index in [1.165, 1.54) is 0 Å². The number of carboxylic acid groups (broad SMARTS) is 1. The number of rotatable bonds is 3. The van der Waals surface area contributed by atoms with Crippen molar-refractivity contribution in [3.05, 3.63) is 43.9 Å². The number of aromatic nitrogens is 1. The molecule has 0 aliphatic carbocycles. The average Bonchev–Trinajstić information content (AvgIpc) is 2.75. The number of nitrogens with zero attached hydrogens (tertiary/aromatic N) is 1. The molecule has 2 aromatic heterocycles. The molecule has 5 heteroatoms. The molecule has 2 heterocycles. The molecule has 0 aliphatic rings. The van der Waals surface area contributed by atoms with Gasteiger partial charge in [-0.25, -0.2) is 4.79 Å². The highest BCUT2D eigenvalue weighted by Gasteiger charge is 2.11. The average molecular weight is 333 g/mol. The maximum atomic E-state index is 10.9. The van der Waals surface area contributed by atoms with Crippen molar-refractivity contribution in [1.82, 2.24) is 4.57 Å². The SMILES string of the molecule is O=C(O)c1cc(I)cn1Cc1cccs1. The van der Waals surface area contributed by atoms with Crippen LogP contribution in [0.5, 0.6) is 0 Å². The molecule has 2 rings (SSSR count). The zero-order valence-electron chi connectivity index (χ0n) is 7.68. The molecule has 0 unspecified atom stereocenters. The van der Waals surface area contributed by atoms with E-state index >= 15 is 0 Å². The summed E-state index contributed by atoms with van der Waals surface area (Å²) >= 11 is 3.75. The number of hydrogen-bond donors (Lipinski definition) is 1. The van der Waals surface area contributed by atoms with Gasteiger partial charge in [0.25, 0.3) is 0 Å². The lowest BCUT2D eigenvalue weighted by Crippen LogP contribution is -2.07. The summed E-state index contributed by atoms with van der Waals surface area (Å²) in [4.78, 5) is 12.1. The van der Waals surface area contributed by atoms with Crippen molar-refractivity contribution < 1.29 is 9.90 Å². The number of halogens is 1. The lowest BCUT2D eigenvalue weighted by Gasteiger charge is -2.03. The van der Waals surface area contributed by atoms with Gasteiger partial charge in [-0.3, -0.25) is 0 Å². The molecule has 0 aliphatic heterocycles. The maximum absolute atomic E-state index is 10.9. The van der Waals surface area contributed by atoms with Gasteiger partial charge >= 0.3 is 5.97 Å². The third-order valence-electron chi connectivity index (χ3n) is 1.99. The Morgan fingerprint density at radius 3 is 3.00 bits per heavy atom. The van der Waals surface area contributed by atoms with Crippen LogP contribution in [-0.4, -0.2) is 15.6 Å². The molecule has 0 atom stereocenters. The largest absolute Gasteiger partial charge is 0.477 e. The van der Waals surface area contributed by atoms with E-state index in [-0.39, 0.29) is 0 Å². The van der Waals surface area contributed by atoms with E-state index in [2.05, 4.69) is 22.6 Å². The molecule has 0 aromatic carbocycles. The van der Waals surface area contributed by atoms with Gasteiger partial charge in [0.2, 0.25) is 0 Å². The molecule has 0 bridgehead atoms. The summed E-state index contributed by atoms with van der Waals surface area (Å²) in [6.45, 7) is 0.627. The van der Waals surface area contributed by atoms with Gasteiger partial charge in [0.1, 0.15) is 5.69 Å². The number of carboxylic acids is 1. The Bertz CT molecular complexity index is 476. The van der Waals surface area contributed by atoms with Crippen molar-refractivity contribution in [1.29, 1.82) is 0 Å². The monoisotopic (exact) mass is 333 g/mol. The zero-order chi connectivity index (χ0) is 10.8. The van der Waals surface area contributed by atoms with E-state index in [9.17, 15) is 4.79 Å². The minimum atomic E-state index is -0.880. The maximum Gasteiger partial charge on any atom is 0.352 e. The third kappa shape index (κ3) is 2.40. The molecule has 0 saturated carbocycles. The molecular formula is C10H8INO2S. The predicted octanol–water partition coefficient (Wildman–Crippen LogP) is 2.90. The highest BCUT2D eigenvalue weighted by Crippen LogP contribution is 2.16. The van der Waals surface area contributed by atoms with Gasteiger partial charge < -0.3 is 9.67 Å². The smallest absolute Gasteiger partial charge is 0.352 e. The first-order chi connectivity index (χ1) is 7.16.